The molecule has 0 radical (unpaired) electrons. The lowest BCUT2D eigenvalue weighted by Crippen LogP contribution is -2.43. The van der Waals surface area contributed by atoms with Crippen molar-refractivity contribution in [2.24, 2.45) is 11.8 Å². The second-order valence-corrected chi connectivity index (χ2v) is 6.96. The molecule has 5 heteroatoms. The molecule has 0 saturated heterocycles. The average Bonchev–Trinajstić information content (AvgIpc) is 3.07. The van der Waals surface area contributed by atoms with Crippen LogP contribution < -0.4 is 10.6 Å². The highest BCUT2D eigenvalue weighted by molar-refractivity contribution is 5.81. The molecule has 114 valence electrons. The van der Waals surface area contributed by atoms with Crippen LogP contribution in [0.15, 0.2) is 0 Å². The molecule has 2 saturated carbocycles. The Hall–Kier alpha value is -1.26. The Balaban J connectivity index is 1.73. The Labute approximate surface area is 120 Å². The van der Waals surface area contributed by atoms with Gasteiger partial charge in [-0.05, 0) is 52.4 Å². The summed E-state index contributed by atoms with van der Waals surface area (Å²) in [6.07, 6.45) is 4.84. The molecule has 20 heavy (non-hydrogen) atoms. The SMILES string of the molecule is CC(C)(C)OC(=O)NC[C@H]1CCC[C@H]1NC(=O)C1CC1. The average molecular weight is 282 g/mol. The van der Waals surface area contributed by atoms with Crippen molar-refractivity contribution in [1.82, 2.24) is 10.6 Å². The predicted octanol–water partition coefficient (Wildman–Crippen LogP) is 2.21. The summed E-state index contributed by atoms with van der Waals surface area (Å²) >= 11 is 0. The first-order valence-corrected chi connectivity index (χ1v) is 7.62. The second-order valence-electron chi connectivity index (χ2n) is 6.96. The van der Waals surface area contributed by atoms with Gasteiger partial charge in [0.25, 0.3) is 0 Å². The highest BCUT2D eigenvalue weighted by atomic mass is 16.6. The number of hydrogen-bond donors (Lipinski definition) is 2. The van der Waals surface area contributed by atoms with E-state index in [1.54, 1.807) is 0 Å². The van der Waals surface area contributed by atoms with Crippen LogP contribution in [0.25, 0.3) is 0 Å². The predicted molar refractivity (Wildman–Crippen MR) is 76.2 cm³/mol. The molecule has 2 rings (SSSR count). The summed E-state index contributed by atoms with van der Waals surface area (Å²) < 4.78 is 5.22. The van der Waals surface area contributed by atoms with E-state index in [2.05, 4.69) is 10.6 Å². The normalized spacial score (nSPS) is 26.1. The van der Waals surface area contributed by atoms with E-state index in [0.717, 1.165) is 32.1 Å². The van der Waals surface area contributed by atoms with Crippen LogP contribution in [0.2, 0.25) is 0 Å². The third-order valence-electron chi connectivity index (χ3n) is 3.84. The van der Waals surface area contributed by atoms with Gasteiger partial charge < -0.3 is 15.4 Å². The molecule has 0 aliphatic heterocycles. The monoisotopic (exact) mass is 282 g/mol. The number of amides is 2. The first-order chi connectivity index (χ1) is 9.35. The third kappa shape index (κ3) is 4.69. The largest absolute Gasteiger partial charge is 0.444 e. The van der Waals surface area contributed by atoms with Gasteiger partial charge in [-0.2, -0.15) is 0 Å². The van der Waals surface area contributed by atoms with E-state index >= 15 is 0 Å². The smallest absolute Gasteiger partial charge is 0.407 e. The Kier molecular flexibility index (Phi) is 4.55. The van der Waals surface area contributed by atoms with Crippen LogP contribution in [0.5, 0.6) is 0 Å². The van der Waals surface area contributed by atoms with E-state index in [0.29, 0.717) is 12.5 Å². The highest BCUT2D eigenvalue weighted by Gasteiger charge is 2.34. The molecule has 0 aromatic rings. The number of nitrogens with one attached hydrogen (secondary N) is 2. The lowest BCUT2D eigenvalue weighted by atomic mass is 10.0. The van der Waals surface area contributed by atoms with Crippen LogP contribution in [0, 0.1) is 11.8 Å². The summed E-state index contributed by atoms with van der Waals surface area (Å²) in [5, 5.41) is 5.95. The zero-order chi connectivity index (χ0) is 14.8. The molecule has 2 fully saturated rings. The van der Waals surface area contributed by atoms with Gasteiger partial charge in [0.15, 0.2) is 0 Å². The van der Waals surface area contributed by atoms with Gasteiger partial charge in [-0.15, -0.1) is 0 Å². The van der Waals surface area contributed by atoms with Crippen molar-refractivity contribution >= 4 is 12.0 Å². The number of carbonyl (C=O) groups is 2. The molecule has 2 N–H and O–H groups in total. The Morgan fingerprint density at radius 3 is 2.45 bits per heavy atom. The molecular weight excluding hydrogens is 256 g/mol. The van der Waals surface area contributed by atoms with Gasteiger partial charge in [0.05, 0.1) is 0 Å². The zero-order valence-corrected chi connectivity index (χ0v) is 12.7. The molecule has 5 nitrogen and oxygen atoms in total. The van der Waals surface area contributed by atoms with Gasteiger partial charge in [-0.25, -0.2) is 4.79 Å². The molecule has 0 bridgehead atoms. The Morgan fingerprint density at radius 2 is 1.85 bits per heavy atom. The molecule has 0 aromatic heterocycles. The lowest BCUT2D eigenvalue weighted by molar-refractivity contribution is -0.123. The molecule has 2 atom stereocenters. The molecule has 0 unspecified atom stereocenters. The van der Waals surface area contributed by atoms with Gasteiger partial charge in [0.1, 0.15) is 5.60 Å². The van der Waals surface area contributed by atoms with Crippen molar-refractivity contribution in [3.8, 4) is 0 Å². The molecule has 0 heterocycles. The van der Waals surface area contributed by atoms with Crippen LogP contribution in [0.3, 0.4) is 0 Å². The first-order valence-electron chi connectivity index (χ1n) is 7.62. The fraction of sp³-hybridized carbons (Fsp3) is 0.867. The Morgan fingerprint density at radius 1 is 1.15 bits per heavy atom. The van der Waals surface area contributed by atoms with Gasteiger partial charge >= 0.3 is 6.09 Å². The number of carbonyl (C=O) groups excluding carboxylic acids is 2. The minimum Gasteiger partial charge on any atom is -0.444 e. The van der Waals surface area contributed by atoms with Crippen LogP contribution in [-0.2, 0) is 9.53 Å². The molecule has 2 amide bonds. The van der Waals surface area contributed by atoms with Crippen molar-refractivity contribution in [3.63, 3.8) is 0 Å². The van der Waals surface area contributed by atoms with Gasteiger partial charge in [-0.3, -0.25) is 4.79 Å². The number of hydrogen-bond acceptors (Lipinski definition) is 3. The van der Waals surface area contributed by atoms with Crippen molar-refractivity contribution < 1.29 is 14.3 Å². The zero-order valence-electron chi connectivity index (χ0n) is 12.7. The Bertz CT molecular complexity index is 372. The lowest BCUT2D eigenvalue weighted by Gasteiger charge is -2.23. The van der Waals surface area contributed by atoms with E-state index in [1.807, 2.05) is 20.8 Å². The topological polar surface area (TPSA) is 67.4 Å². The number of ether oxygens (including phenoxy) is 1. The van der Waals surface area contributed by atoms with Crippen molar-refractivity contribution in [2.75, 3.05) is 6.54 Å². The van der Waals surface area contributed by atoms with Crippen molar-refractivity contribution in [3.05, 3.63) is 0 Å². The summed E-state index contributed by atoms with van der Waals surface area (Å²) in [5.41, 5.74) is -0.473. The molecule has 2 aliphatic rings. The molecule has 0 spiro atoms. The molecule has 0 aromatic carbocycles. The summed E-state index contributed by atoms with van der Waals surface area (Å²) in [7, 11) is 0. The fourth-order valence-electron chi connectivity index (χ4n) is 2.65. The summed E-state index contributed by atoms with van der Waals surface area (Å²) in [6, 6.07) is 0.207. The quantitative estimate of drug-likeness (QED) is 0.830. The maximum atomic E-state index is 11.8. The summed E-state index contributed by atoms with van der Waals surface area (Å²) in [5.74, 6) is 0.763. The molecular formula is C15H26N2O3. The third-order valence-corrected chi connectivity index (χ3v) is 3.84. The molecule has 2 aliphatic carbocycles. The minimum atomic E-state index is -0.473. The van der Waals surface area contributed by atoms with Gasteiger partial charge in [0.2, 0.25) is 5.91 Å². The summed E-state index contributed by atoms with van der Waals surface area (Å²) in [6.45, 7) is 6.12. The van der Waals surface area contributed by atoms with Gasteiger partial charge in [0, 0.05) is 18.5 Å². The van der Waals surface area contributed by atoms with E-state index < -0.39 is 5.60 Å². The van der Waals surface area contributed by atoms with Crippen LogP contribution >= 0.6 is 0 Å². The van der Waals surface area contributed by atoms with Crippen molar-refractivity contribution in [2.45, 2.75) is 64.5 Å². The van der Waals surface area contributed by atoms with Crippen molar-refractivity contribution in [1.29, 1.82) is 0 Å². The van der Waals surface area contributed by atoms with E-state index in [9.17, 15) is 9.59 Å². The van der Waals surface area contributed by atoms with E-state index in [1.165, 1.54) is 0 Å². The number of alkyl carbamates (subject to hydrolysis) is 1. The second kappa shape index (κ2) is 6.02. The highest BCUT2D eigenvalue weighted by Crippen LogP contribution is 2.31. The first kappa shape index (κ1) is 15.1. The number of rotatable bonds is 4. The summed E-state index contributed by atoms with van der Waals surface area (Å²) in [4.78, 5) is 23.5. The van der Waals surface area contributed by atoms with Crippen LogP contribution in [-0.4, -0.2) is 30.2 Å². The van der Waals surface area contributed by atoms with Crippen LogP contribution in [0.4, 0.5) is 4.79 Å². The standard InChI is InChI=1S/C15H26N2O3/c1-15(2,3)20-14(19)16-9-11-5-4-6-12(11)17-13(18)10-7-8-10/h10-12H,4-9H2,1-3H3,(H,16,19)(H,17,18)/t11-,12-/m1/s1. The van der Waals surface area contributed by atoms with Crippen LogP contribution in [0.1, 0.15) is 52.9 Å². The minimum absolute atomic E-state index is 0.194. The fourth-order valence-corrected chi connectivity index (χ4v) is 2.65. The van der Waals surface area contributed by atoms with Gasteiger partial charge in [-0.1, -0.05) is 6.42 Å². The maximum absolute atomic E-state index is 11.8. The van der Waals surface area contributed by atoms with E-state index in [4.69, 9.17) is 4.74 Å². The maximum Gasteiger partial charge on any atom is 0.407 e. The van der Waals surface area contributed by atoms with E-state index in [-0.39, 0.29) is 24.0 Å².